The van der Waals surface area contributed by atoms with E-state index in [-0.39, 0.29) is 29.7 Å². The van der Waals surface area contributed by atoms with Crippen molar-refractivity contribution < 1.29 is 23.4 Å². The number of carbonyl (C=O) groups excluding carboxylic acids is 1. The Balaban J connectivity index is 1.28. The lowest BCUT2D eigenvalue weighted by molar-refractivity contribution is 0.103. The van der Waals surface area contributed by atoms with Crippen molar-refractivity contribution in [3.8, 4) is 17.3 Å². The third-order valence-electron chi connectivity index (χ3n) is 7.21. The molecule has 204 valence electrons. The summed E-state index contributed by atoms with van der Waals surface area (Å²) in [7, 11) is 0. The summed E-state index contributed by atoms with van der Waals surface area (Å²) in [5.41, 5.74) is 11.3. The summed E-state index contributed by atoms with van der Waals surface area (Å²) < 4.78 is 34.7. The average Bonchev–Trinajstić information content (AvgIpc) is 3.55. The van der Waals surface area contributed by atoms with E-state index in [1.807, 2.05) is 12.1 Å². The molecule has 0 saturated carbocycles. The highest BCUT2D eigenvalue weighted by Gasteiger charge is 2.24. The Morgan fingerprint density at radius 3 is 2.73 bits per heavy atom. The number of pyridine rings is 1. The van der Waals surface area contributed by atoms with E-state index in [1.54, 1.807) is 6.92 Å². The number of ketones is 1. The molecular formula is C29H26F2N6O3. The maximum atomic E-state index is 14.0. The highest BCUT2D eigenvalue weighted by Crippen LogP contribution is 2.31. The number of aliphatic hydroxyl groups excluding tert-OH is 1. The molecule has 0 bridgehead atoms. The predicted octanol–water partition coefficient (Wildman–Crippen LogP) is 4.29. The molecule has 3 aromatic heterocycles. The number of carbonyl (C=O) groups is 1. The minimum absolute atomic E-state index is 0.00811. The fraction of sp³-hybridized carbons (Fsp3) is 0.207. The number of ether oxygens (including phenoxy) is 1. The molecule has 0 aliphatic carbocycles. The molecule has 40 heavy (non-hydrogen) atoms. The van der Waals surface area contributed by atoms with Gasteiger partial charge in [0.1, 0.15) is 5.82 Å². The molecule has 6 rings (SSSR count). The molecule has 2 aromatic carbocycles. The lowest BCUT2D eigenvalue weighted by Crippen LogP contribution is -2.32. The normalized spacial score (nSPS) is 13.5. The van der Waals surface area contributed by atoms with E-state index in [0.717, 1.165) is 41.6 Å². The van der Waals surface area contributed by atoms with Crippen LogP contribution >= 0.6 is 0 Å². The molecule has 0 unspecified atom stereocenters. The van der Waals surface area contributed by atoms with Crippen LogP contribution < -0.4 is 10.5 Å². The van der Waals surface area contributed by atoms with Crippen molar-refractivity contribution >= 4 is 22.5 Å². The van der Waals surface area contributed by atoms with Crippen molar-refractivity contribution in [1.29, 1.82) is 0 Å². The second kappa shape index (κ2) is 10.2. The first kappa shape index (κ1) is 25.7. The number of para-hydroxylation sites is 1. The molecule has 5 aromatic rings. The topological polar surface area (TPSA) is 122 Å². The van der Waals surface area contributed by atoms with Gasteiger partial charge in [0.15, 0.2) is 11.6 Å². The van der Waals surface area contributed by atoms with E-state index >= 15 is 0 Å². The quantitative estimate of drug-likeness (QED) is 0.261. The molecule has 4 N–H and O–H groups in total. The molecule has 0 atom stereocenters. The number of benzene rings is 2. The Labute approximate surface area is 227 Å². The molecule has 9 nitrogen and oxygen atoms in total. The number of nitrogens with one attached hydrogen (secondary N) is 1. The van der Waals surface area contributed by atoms with Crippen molar-refractivity contribution in [1.82, 2.24) is 24.6 Å². The summed E-state index contributed by atoms with van der Waals surface area (Å²) >= 11 is 0. The second-order valence-electron chi connectivity index (χ2n) is 9.74. The van der Waals surface area contributed by atoms with Crippen molar-refractivity contribution in [3.63, 3.8) is 0 Å². The minimum atomic E-state index is -0.844. The lowest BCUT2D eigenvalue weighted by Gasteiger charge is -2.28. The van der Waals surface area contributed by atoms with Gasteiger partial charge >= 0.3 is 0 Å². The Hall–Kier alpha value is -4.61. The zero-order chi connectivity index (χ0) is 28.0. The molecule has 1 aliphatic heterocycles. The van der Waals surface area contributed by atoms with Gasteiger partial charge in [-0.15, -0.1) is 0 Å². The van der Waals surface area contributed by atoms with Gasteiger partial charge in [-0.2, -0.15) is 5.10 Å². The zero-order valence-corrected chi connectivity index (χ0v) is 21.6. The number of fused-ring (bicyclic) bond motifs is 3. The van der Waals surface area contributed by atoms with Gasteiger partial charge in [-0.1, -0.05) is 12.1 Å². The Morgan fingerprint density at radius 2 is 1.98 bits per heavy atom. The van der Waals surface area contributed by atoms with E-state index in [1.165, 1.54) is 34.8 Å². The van der Waals surface area contributed by atoms with Crippen LogP contribution in [0, 0.1) is 18.6 Å². The maximum Gasteiger partial charge on any atom is 0.219 e. The smallest absolute Gasteiger partial charge is 0.219 e. The van der Waals surface area contributed by atoms with E-state index < -0.39 is 17.4 Å². The largest absolute Gasteiger partial charge is 0.433 e. The third-order valence-corrected chi connectivity index (χ3v) is 7.21. The summed E-state index contributed by atoms with van der Waals surface area (Å²) in [6.07, 6.45) is 3.69. The van der Waals surface area contributed by atoms with Crippen LogP contribution in [-0.4, -0.2) is 55.2 Å². The average molecular weight is 545 g/mol. The SMILES string of the molecule is Cc1cc(Oc2c(F)cccc2F)ncc1-n1ncc(C(=O)c2cc3c4c(ccc3[nH]2)CCN(CCO)C4)c1N. The Kier molecular flexibility index (Phi) is 6.53. The number of β-amino-alcohol motifs (C(OH)–C–C–N with tert-alkyl or cyclic N) is 1. The molecule has 1 aliphatic rings. The highest BCUT2D eigenvalue weighted by molar-refractivity contribution is 6.12. The first-order valence-electron chi connectivity index (χ1n) is 12.8. The molecule has 0 radical (unpaired) electrons. The minimum Gasteiger partial charge on any atom is -0.433 e. The van der Waals surface area contributed by atoms with E-state index in [9.17, 15) is 18.7 Å². The lowest BCUT2D eigenvalue weighted by atomic mass is 9.96. The number of nitrogens with zero attached hydrogens (tertiary/aromatic N) is 4. The van der Waals surface area contributed by atoms with E-state index in [4.69, 9.17) is 10.5 Å². The van der Waals surface area contributed by atoms with Gasteiger partial charge in [0, 0.05) is 36.6 Å². The summed E-state index contributed by atoms with van der Waals surface area (Å²) in [5, 5.41) is 14.6. The van der Waals surface area contributed by atoms with Crippen LogP contribution in [0.15, 0.2) is 54.9 Å². The zero-order valence-electron chi connectivity index (χ0n) is 21.6. The second-order valence-corrected chi connectivity index (χ2v) is 9.74. The van der Waals surface area contributed by atoms with Crippen LogP contribution in [0.4, 0.5) is 14.6 Å². The molecular weight excluding hydrogens is 518 g/mol. The van der Waals surface area contributed by atoms with Crippen LogP contribution in [0.2, 0.25) is 0 Å². The number of hydrogen-bond donors (Lipinski definition) is 3. The number of anilines is 1. The fourth-order valence-electron chi connectivity index (χ4n) is 5.12. The Morgan fingerprint density at radius 1 is 1.18 bits per heavy atom. The predicted molar refractivity (Wildman–Crippen MR) is 145 cm³/mol. The summed E-state index contributed by atoms with van der Waals surface area (Å²) in [6.45, 7) is 4.02. The number of nitrogens with two attached hydrogens (primary N) is 1. The number of aromatic amines is 1. The van der Waals surface area contributed by atoms with Crippen molar-refractivity contribution in [3.05, 3.63) is 94.4 Å². The summed E-state index contributed by atoms with van der Waals surface area (Å²) in [6, 6.07) is 10.8. The van der Waals surface area contributed by atoms with Gasteiger partial charge in [0.05, 0.1) is 35.9 Å². The molecule has 0 fully saturated rings. The molecule has 4 heterocycles. The van der Waals surface area contributed by atoms with Crippen molar-refractivity contribution in [2.45, 2.75) is 19.9 Å². The molecule has 0 saturated heterocycles. The molecule has 0 spiro atoms. The first-order valence-corrected chi connectivity index (χ1v) is 12.8. The van der Waals surface area contributed by atoms with Crippen LogP contribution in [0.1, 0.15) is 32.7 Å². The van der Waals surface area contributed by atoms with Crippen molar-refractivity contribution in [2.75, 3.05) is 25.4 Å². The van der Waals surface area contributed by atoms with Crippen molar-refractivity contribution in [2.24, 2.45) is 0 Å². The Bertz CT molecular complexity index is 1740. The van der Waals surface area contributed by atoms with Gasteiger partial charge in [-0.25, -0.2) is 18.4 Å². The van der Waals surface area contributed by atoms with Gasteiger partial charge in [0.25, 0.3) is 0 Å². The number of rotatable bonds is 7. The van der Waals surface area contributed by atoms with Gasteiger partial charge in [0.2, 0.25) is 17.4 Å². The fourth-order valence-corrected chi connectivity index (χ4v) is 5.12. The first-order chi connectivity index (χ1) is 19.3. The van der Waals surface area contributed by atoms with Gasteiger partial charge in [-0.3, -0.25) is 9.69 Å². The van der Waals surface area contributed by atoms with E-state index in [2.05, 4.69) is 26.0 Å². The van der Waals surface area contributed by atoms with Crippen LogP contribution in [0.5, 0.6) is 11.6 Å². The van der Waals surface area contributed by atoms with Crippen LogP contribution in [0.3, 0.4) is 0 Å². The number of halogens is 2. The van der Waals surface area contributed by atoms with Crippen LogP contribution in [-0.2, 0) is 13.0 Å². The number of aryl methyl sites for hydroxylation is 1. The summed E-state index contributed by atoms with van der Waals surface area (Å²) in [4.78, 5) is 23.1. The highest BCUT2D eigenvalue weighted by atomic mass is 19.1. The van der Waals surface area contributed by atoms with E-state index in [0.29, 0.717) is 30.0 Å². The molecule has 0 amide bonds. The van der Waals surface area contributed by atoms with Crippen LogP contribution in [0.25, 0.3) is 16.6 Å². The molecule has 11 heteroatoms. The number of hydrogen-bond acceptors (Lipinski definition) is 7. The standard InChI is InChI=1S/C29H26F2N6O3/c1-16-11-26(40-28-21(30)3-2-4-22(28)31)33-14-25(16)37-29(32)19(13-34-37)27(39)24-12-18-20-15-36(9-10-38)8-7-17(20)5-6-23(18)35-24/h2-6,11-14,35,38H,7-10,15,32H2,1H3. The number of nitrogen functional groups attached to an aromatic ring is 1. The van der Waals surface area contributed by atoms with Gasteiger partial charge < -0.3 is 20.6 Å². The number of aliphatic hydroxyl groups is 1. The van der Waals surface area contributed by atoms with Gasteiger partial charge in [-0.05, 0) is 54.3 Å². The number of aromatic nitrogens is 4. The summed E-state index contributed by atoms with van der Waals surface area (Å²) in [5.74, 6) is -2.43. The maximum absolute atomic E-state index is 14.0. The third kappa shape index (κ3) is 4.48. The monoisotopic (exact) mass is 544 g/mol. The number of H-pyrrole nitrogens is 1.